The van der Waals surface area contributed by atoms with Crippen molar-refractivity contribution in [2.24, 2.45) is 0 Å². The van der Waals surface area contributed by atoms with Gasteiger partial charge in [-0.05, 0) is 48.7 Å². The Bertz CT molecular complexity index is 607. The van der Waals surface area contributed by atoms with Gasteiger partial charge in [0.05, 0.1) is 6.04 Å². The van der Waals surface area contributed by atoms with Crippen LogP contribution in [-0.2, 0) is 6.42 Å². The van der Waals surface area contributed by atoms with Gasteiger partial charge in [-0.3, -0.25) is 0 Å². The second kappa shape index (κ2) is 4.49. The van der Waals surface area contributed by atoms with E-state index in [0.717, 1.165) is 22.0 Å². The number of nitrogens with one attached hydrogen (secondary N) is 1. The molecule has 0 saturated heterocycles. The molecule has 1 atom stereocenters. The molecule has 0 bridgehead atoms. The molecule has 0 aliphatic carbocycles. The van der Waals surface area contributed by atoms with Crippen LogP contribution in [0.15, 0.2) is 36.4 Å². The largest absolute Gasteiger partial charge is 0.378 e. The highest BCUT2D eigenvalue weighted by molar-refractivity contribution is 6.33. The van der Waals surface area contributed by atoms with E-state index in [1.807, 2.05) is 18.2 Å². The summed E-state index contributed by atoms with van der Waals surface area (Å²) < 4.78 is 0. The third-order valence-electron chi connectivity index (χ3n) is 3.35. The number of anilines is 1. The number of fused-ring (bicyclic) bond motifs is 1. The van der Waals surface area contributed by atoms with Gasteiger partial charge in [0.15, 0.2) is 0 Å². The summed E-state index contributed by atoms with van der Waals surface area (Å²) in [6, 6.07) is 12.3. The van der Waals surface area contributed by atoms with Crippen LogP contribution in [0.25, 0.3) is 0 Å². The van der Waals surface area contributed by atoms with E-state index in [1.54, 1.807) is 0 Å². The summed E-state index contributed by atoms with van der Waals surface area (Å²) in [4.78, 5) is 0. The predicted octanol–water partition coefficient (Wildman–Crippen LogP) is 5.01. The number of halogens is 2. The monoisotopic (exact) mass is 277 g/mol. The zero-order chi connectivity index (χ0) is 12.7. The van der Waals surface area contributed by atoms with Crippen molar-refractivity contribution in [3.05, 3.63) is 63.1 Å². The van der Waals surface area contributed by atoms with Crippen molar-refractivity contribution < 1.29 is 0 Å². The van der Waals surface area contributed by atoms with Crippen molar-refractivity contribution in [3.8, 4) is 0 Å². The van der Waals surface area contributed by atoms with Crippen LogP contribution in [0.5, 0.6) is 0 Å². The molecule has 0 spiro atoms. The minimum atomic E-state index is 0.216. The van der Waals surface area contributed by atoms with Gasteiger partial charge in [-0.25, -0.2) is 0 Å². The lowest BCUT2D eigenvalue weighted by Crippen LogP contribution is -2.06. The minimum absolute atomic E-state index is 0.216. The molecular formula is C15H13Cl2N. The van der Waals surface area contributed by atoms with Crippen LogP contribution in [0.1, 0.15) is 22.7 Å². The Morgan fingerprint density at radius 3 is 2.78 bits per heavy atom. The first kappa shape index (κ1) is 11.9. The molecule has 0 amide bonds. The average molecular weight is 278 g/mol. The number of hydrogen-bond acceptors (Lipinski definition) is 1. The van der Waals surface area contributed by atoms with Crippen LogP contribution in [0, 0.1) is 6.92 Å². The Balaban J connectivity index is 1.96. The Labute approximate surface area is 117 Å². The first-order valence-corrected chi connectivity index (χ1v) is 6.70. The highest BCUT2D eigenvalue weighted by Crippen LogP contribution is 2.38. The van der Waals surface area contributed by atoms with Gasteiger partial charge in [-0.15, -0.1) is 0 Å². The maximum atomic E-state index is 6.25. The molecule has 3 heteroatoms. The molecule has 1 nitrogen and oxygen atoms in total. The lowest BCUT2D eigenvalue weighted by Gasteiger charge is -2.13. The molecule has 1 unspecified atom stereocenters. The molecule has 18 heavy (non-hydrogen) atoms. The SMILES string of the molecule is Cc1ccc2c(c1)CC(c1cc(Cl)ccc1Cl)N2. The third kappa shape index (κ3) is 2.09. The number of rotatable bonds is 1. The van der Waals surface area contributed by atoms with E-state index in [2.05, 4.69) is 30.4 Å². The molecule has 92 valence electrons. The van der Waals surface area contributed by atoms with E-state index in [9.17, 15) is 0 Å². The second-order valence-electron chi connectivity index (χ2n) is 4.73. The average Bonchev–Trinajstić information content (AvgIpc) is 2.74. The van der Waals surface area contributed by atoms with Gasteiger partial charge in [0.2, 0.25) is 0 Å². The Kier molecular flexibility index (Phi) is 2.96. The number of hydrogen-bond donors (Lipinski definition) is 1. The van der Waals surface area contributed by atoms with Crippen molar-refractivity contribution in [3.63, 3.8) is 0 Å². The zero-order valence-corrected chi connectivity index (χ0v) is 11.5. The molecule has 1 aliphatic heterocycles. The minimum Gasteiger partial charge on any atom is -0.378 e. The molecule has 1 aliphatic rings. The van der Waals surface area contributed by atoms with Crippen LogP contribution in [0.4, 0.5) is 5.69 Å². The van der Waals surface area contributed by atoms with Gasteiger partial charge in [-0.2, -0.15) is 0 Å². The summed E-state index contributed by atoms with van der Waals surface area (Å²) in [5.41, 5.74) is 4.89. The van der Waals surface area contributed by atoms with Gasteiger partial charge in [0, 0.05) is 15.7 Å². The summed E-state index contributed by atoms with van der Waals surface area (Å²) in [7, 11) is 0. The van der Waals surface area contributed by atoms with Gasteiger partial charge in [0.1, 0.15) is 0 Å². The smallest absolute Gasteiger partial charge is 0.0570 e. The highest BCUT2D eigenvalue weighted by atomic mass is 35.5. The molecular weight excluding hydrogens is 265 g/mol. The Morgan fingerprint density at radius 1 is 1.11 bits per heavy atom. The molecule has 3 rings (SSSR count). The van der Waals surface area contributed by atoms with Crippen LogP contribution in [0.3, 0.4) is 0 Å². The Morgan fingerprint density at radius 2 is 1.94 bits per heavy atom. The quantitative estimate of drug-likeness (QED) is 0.773. The molecule has 2 aromatic carbocycles. The topological polar surface area (TPSA) is 12.0 Å². The predicted molar refractivity (Wildman–Crippen MR) is 77.7 cm³/mol. The molecule has 0 aromatic heterocycles. The van der Waals surface area contributed by atoms with Gasteiger partial charge >= 0.3 is 0 Å². The summed E-state index contributed by atoms with van der Waals surface area (Å²) in [5.74, 6) is 0. The number of aryl methyl sites for hydroxylation is 1. The fourth-order valence-corrected chi connectivity index (χ4v) is 2.89. The third-order valence-corrected chi connectivity index (χ3v) is 3.93. The van der Waals surface area contributed by atoms with Crippen molar-refractivity contribution in [1.29, 1.82) is 0 Å². The summed E-state index contributed by atoms with van der Waals surface area (Å²) in [6.45, 7) is 2.11. The normalized spacial score (nSPS) is 17.4. The van der Waals surface area contributed by atoms with Gasteiger partial charge in [-0.1, -0.05) is 40.9 Å². The van der Waals surface area contributed by atoms with E-state index < -0.39 is 0 Å². The van der Waals surface area contributed by atoms with E-state index >= 15 is 0 Å². The first-order chi connectivity index (χ1) is 8.63. The first-order valence-electron chi connectivity index (χ1n) is 5.94. The fourth-order valence-electron chi connectivity index (χ4n) is 2.46. The van der Waals surface area contributed by atoms with Crippen LogP contribution < -0.4 is 5.32 Å². The standard InChI is InChI=1S/C15H13Cl2N/c1-9-2-5-14-10(6-9)7-15(18-14)12-8-11(16)3-4-13(12)17/h2-6,8,15,18H,7H2,1H3. The zero-order valence-electron chi connectivity index (χ0n) is 10.0. The Hall–Kier alpha value is -1.18. The maximum absolute atomic E-state index is 6.25. The lowest BCUT2D eigenvalue weighted by molar-refractivity contribution is 0.824. The van der Waals surface area contributed by atoms with Crippen LogP contribution >= 0.6 is 23.2 Å². The maximum Gasteiger partial charge on any atom is 0.0570 e. The number of benzene rings is 2. The van der Waals surface area contributed by atoms with Crippen molar-refractivity contribution in [2.75, 3.05) is 5.32 Å². The van der Waals surface area contributed by atoms with E-state index in [4.69, 9.17) is 23.2 Å². The van der Waals surface area contributed by atoms with Crippen molar-refractivity contribution in [1.82, 2.24) is 0 Å². The molecule has 0 saturated carbocycles. The van der Waals surface area contributed by atoms with Gasteiger partial charge < -0.3 is 5.32 Å². The highest BCUT2D eigenvalue weighted by Gasteiger charge is 2.23. The molecule has 0 fully saturated rings. The van der Waals surface area contributed by atoms with Gasteiger partial charge in [0.25, 0.3) is 0 Å². The molecule has 1 N–H and O–H groups in total. The van der Waals surface area contributed by atoms with E-state index in [0.29, 0.717) is 0 Å². The van der Waals surface area contributed by atoms with Crippen LogP contribution in [-0.4, -0.2) is 0 Å². The van der Waals surface area contributed by atoms with Crippen LogP contribution in [0.2, 0.25) is 10.0 Å². The summed E-state index contributed by atoms with van der Waals surface area (Å²) >= 11 is 12.3. The van der Waals surface area contributed by atoms with Crippen molar-refractivity contribution >= 4 is 28.9 Å². The summed E-state index contributed by atoms with van der Waals surface area (Å²) in [6.07, 6.45) is 0.955. The fraction of sp³-hybridized carbons (Fsp3) is 0.200. The summed E-state index contributed by atoms with van der Waals surface area (Å²) in [5, 5.41) is 4.99. The molecule has 0 radical (unpaired) electrons. The van der Waals surface area contributed by atoms with Crippen molar-refractivity contribution in [2.45, 2.75) is 19.4 Å². The molecule has 2 aromatic rings. The lowest BCUT2D eigenvalue weighted by atomic mass is 10.0. The van der Waals surface area contributed by atoms with E-state index in [1.165, 1.54) is 16.8 Å². The van der Waals surface area contributed by atoms with E-state index in [-0.39, 0.29) is 6.04 Å². The molecule has 1 heterocycles. The second-order valence-corrected chi connectivity index (χ2v) is 5.57.